The van der Waals surface area contributed by atoms with Crippen molar-refractivity contribution >= 4 is 34.8 Å². The molecular weight excluding hydrogens is 366 g/mol. The minimum absolute atomic E-state index is 0.137. The molecule has 0 aromatic heterocycles. The van der Waals surface area contributed by atoms with Crippen molar-refractivity contribution in [3.8, 4) is 0 Å². The number of nitrogens with one attached hydrogen (secondary N) is 2. The lowest BCUT2D eigenvalue weighted by atomic mass is 10.1. The fraction of sp³-hybridized carbons (Fsp3) is 0.600. The minimum Gasteiger partial charge on any atom is -0.382 e. The number of amides is 2. The van der Waals surface area contributed by atoms with Gasteiger partial charge < -0.3 is 20.3 Å². The van der Waals surface area contributed by atoms with E-state index in [4.69, 9.17) is 16.3 Å². The molecule has 1 fully saturated rings. The number of ether oxygens (including phenoxy) is 1. The summed E-state index contributed by atoms with van der Waals surface area (Å²) in [5, 5.41) is 5.08. The maximum absolute atomic E-state index is 12.8. The third-order valence-electron chi connectivity index (χ3n) is 4.52. The fourth-order valence-electron chi connectivity index (χ4n) is 3.06. The summed E-state index contributed by atoms with van der Waals surface area (Å²) in [6.45, 7) is 7.29. The minimum atomic E-state index is -0.636. The maximum atomic E-state index is 12.8. The normalized spacial score (nSPS) is 15.3. The zero-order valence-corrected chi connectivity index (χ0v) is 17.0. The molecule has 6 nitrogen and oxygen atoms in total. The van der Waals surface area contributed by atoms with E-state index >= 15 is 0 Å². The van der Waals surface area contributed by atoms with Crippen LogP contribution >= 0.6 is 11.6 Å². The fourth-order valence-corrected chi connectivity index (χ4v) is 3.12. The van der Waals surface area contributed by atoms with E-state index in [1.54, 1.807) is 13.0 Å². The third kappa shape index (κ3) is 6.70. The third-order valence-corrected chi connectivity index (χ3v) is 4.72. The number of hydrogen-bond donors (Lipinski definition) is 2. The average molecular weight is 396 g/mol. The van der Waals surface area contributed by atoms with E-state index in [2.05, 4.69) is 15.5 Å². The number of rotatable bonds is 9. The number of carbonyl (C=O) groups excluding carboxylic acids is 2. The number of piperidine rings is 1. The predicted molar refractivity (Wildman–Crippen MR) is 110 cm³/mol. The Morgan fingerprint density at radius 2 is 2.00 bits per heavy atom. The molecule has 7 heteroatoms. The molecule has 2 N–H and O–H groups in total. The van der Waals surface area contributed by atoms with Gasteiger partial charge in [-0.3, -0.25) is 9.59 Å². The number of benzene rings is 1. The van der Waals surface area contributed by atoms with Crippen LogP contribution in [0.4, 0.5) is 11.4 Å². The zero-order valence-electron chi connectivity index (χ0n) is 16.2. The largest absolute Gasteiger partial charge is 0.382 e. The van der Waals surface area contributed by atoms with Crippen molar-refractivity contribution in [1.29, 1.82) is 0 Å². The number of carbonyl (C=O) groups is 2. The Hall–Kier alpha value is -1.79. The quantitative estimate of drug-likeness (QED) is 0.496. The van der Waals surface area contributed by atoms with Gasteiger partial charge in [0.25, 0.3) is 5.91 Å². The SMILES string of the molecule is CCOCCCNC(=O)c1cc(NC(=O)C(C)Cl)ccc1N1CCCCC1. The van der Waals surface area contributed by atoms with E-state index in [1.807, 2.05) is 19.1 Å². The summed E-state index contributed by atoms with van der Waals surface area (Å²) in [6.07, 6.45) is 4.23. The van der Waals surface area contributed by atoms with E-state index in [9.17, 15) is 9.59 Å². The first kappa shape index (κ1) is 21.5. The molecule has 1 aliphatic heterocycles. The van der Waals surface area contributed by atoms with Crippen molar-refractivity contribution in [2.75, 3.05) is 43.1 Å². The Morgan fingerprint density at radius 1 is 1.26 bits per heavy atom. The molecule has 0 spiro atoms. The first-order valence-electron chi connectivity index (χ1n) is 9.72. The van der Waals surface area contributed by atoms with Crippen LogP contribution in [-0.4, -0.2) is 50.0 Å². The van der Waals surface area contributed by atoms with Crippen LogP contribution in [0.2, 0.25) is 0 Å². The van der Waals surface area contributed by atoms with Crippen LogP contribution < -0.4 is 15.5 Å². The van der Waals surface area contributed by atoms with E-state index in [-0.39, 0.29) is 11.8 Å². The first-order chi connectivity index (χ1) is 13.0. The molecule has 1 saturated heterocycles. The topological polar surface area (TPSA) is 70.7 Å². The summed E-state index contributed by atoms with van der Waals surface area (Å²) < 4.78 is 5.31. The van der Waals surface area contributed by atoms with Gasteiger partial charge in [0.05, 0.1) is 5.56 Å². The molecule has 1 unspecified atom stereocenters. The first-order valence-corrected chi connectivity index (χ1v) is 10.2. The van der Waals surface area contributed by atoms with Crippen LogP contribution in [0.5, 0.6) is 0 Å². The smallest absolute Gasteiger partial charge is 0.253 e. The van der Waals surface area contributed by atoms with Gasteiger partial charge in [0.1, 0.15) is 5.38 Å². The summed E-state index contributed by atoms with van der Waals surface area (Å²) in [7, 11) is 0. The maximum Gasteiger partial charge on any atom is 0.253 e. The van der Waals surface area contributed by atoms with E-state index in [0.29, 0.717) is 31.0 Å². The van der Waals surface area contributed by atoms with Gasteiger partial charge in [-0.05, 0) is 57.7 Å². The van der Waals surface area contributed by atoms with Gasteiger partial charge >= 0.3 is 0 Å². The summed E-state index contributed by atoms with van der Waals surface area (Å²) in [5.41, 5.74) is 2.06. The molecule has 1 heterocycles. The predicted octanol–water partition coefficient (Wildman–Crippen LogP) is 3.40. The van der Waals surface area contributed by atoms with Crippen molar-refractivity contribution in [2.45, 2.75) is 44.9 Å². The summed E-state index contributed by atoms with van der Waals surface area (Å²) in [6, 6.07) is 5.47. The molecule has 1 atom stereocenters. The molecule has 27 heavy (non-hydrogen) atoms. The highest BCUT2D eigenvalue weighted by molar-refractivity contribution is 6.32. The molecule has 2 amide bonds. The number of anilines is 2. The second kappa shape index (κ2) is 11.1. The van der Waals surface area contributed by atoms with Gasteiger partial charge in [-0.1, -0.05) is 0 Å². The number of halogens is 1. The average Bonchev–Trinajstić information content (AvgIpc) is 2.68. The molecule has 1 aromatic carbocycles. The van der Waals surface area contributed by atoms with Crippen molar-refractivity contribution in [3.63, 3.8) is 0 Å². The second-order valence-electron chi connectivity index (χ2n) is 6.69. The van der Waals surface area contributed by atoms with Gasteiger partial charge in [-0.25, -0.2) is 0 Å². The highest BCUT2D eigenvalue weighted by atomic mass is 35.5. The van der Waals surface area contributed by atoms with Gasteiger partial charge in [-0.2, -0.15) is 0 Å². The van der Waals surface area contributed by atoms with Gasteiger partial charge in [-0.15, -0.1) is 11.6 Å². The standard InChI is InChI=1S/C20H30ClN3O3/c1-3-27-13-7-10-22-20(26)17-14-16(23-19(25)15(2)21)8-9-18(17)24-11-5-4-6-12-24/h8-9,14-15H,3-7,10-13H2,1-2H3,(H,22,26)(H,23,25). The summed E-state index contributed by atoms with van der Waals surface area (Å²) in [5.74, 6) is -0.424. The molecule has 0 saturated carbocycles. The Kier molecular flexibility index (Phi) is 8.88. The Morgan fingerprint density at radius 3 is 2.67 bits per heavy atom. The highest BCUT2D eigenvalue weighted by Crippen LogP contribution is 2.27. The van der Waals surface area contributed by atoms with E-state index < -0.39 is 5.38 Å². The monoisotopic (exact) mass is 395 g/mol. The lowest BCUT2D eigenvalue weighted by molar-refractivity contribution is -0.115. The van der Waals surface area contributed by atoms with Crippen LogP contribution in [0, 0.1) is 0 Å². The summed E-state index contributed by atoms with van der Waals surface area (Å²) >= 11 is 5.83. The molecule has 2 rings (SSSR count). The van der Waals surface area contributed by atoms with Crippen molar-refractivity contribution < 1.29 is 14.3 Å². The molecule has 1 aromatic rings. The van der Waals surface area contributed by atoms with Crippen molar-refractivity contribution in [2.24, 2.45) is 0 Å². The molecule has 0 aliphatic carbocycles. The summed E-state index contributed by atoms with van der Waals surface area (Å²) in [4.78, 5) is 26.9. The van der Waals surface area contributed by atoms with Crippen molar-refractivity contribution in [3.05, 3.63) is 23.8 Å². The van der Waals surface area contributed by atoms with Crippen LogP contribution in [0.15, 0.2) is 18.2 Å². The van der Waals surface area contributed by atoms with Crippen LogP contribution in [0.1, 0.15) is 49.9 Å². The lowest BCUT2D eigenvalue weighted by Crippen LogP contribution is -2.33. The lowest BCUT2D eigenvalue weighted by Gasteiger charge is -2.30. The molecular formula is C20H30ClN3O3. The number of nitrogens with zero attached hydrogens (tertiary/aromatic N) is 1. The second-order valence-corrected chi connectivity index (χ2v) is 7.35. The molecule has 0 bridgehead atoms. The Labute approximate surface area is 166 Å². The zero-order chi connectivity index (χ0) is 19.6. The van der Waals surface area contributed by atoms with Gasteiger partial charge in [0, 0.05) is 44.2 Å². The molecule has 150 valence electrons. The van der Waals surface area contributed by atoms with Gasteiger partial charge in [0.2, 0.25) is 5.91 Å². The van der Waals surface area contributed by atoms with Crippen LogP contribution in [0.3, 0.4) is 0 Å². The Balaban J connectivity index is 2.14. The van der Waals surface area contributed by atoms with E-state index in [0.717, 1.165) is 38.0 Å². The number of hydrogen-bond acceptors (Lipinski definition) is 4. The molecule has 1 aliphatic rings. The Bertz CT molecular complexity index is 631. The van der Waals surface area contributed by atoms with Crippen LogP contribution in [0.25, 0.3) is 0 Å². The van der Waals surface area contributed by atoms with Gasteiger partial charge in [0.15, 0.2) is 0 Å². The number of alkyl halides is 1. The highest BCUT2D eigenvalue weighted by Gasteiger charge is 2.20. The van der Waals surface area contributed by atoms with E-state index in [1.165, 1.54) is 6.42 Å². The molecule has 0 radical (unpaired) electrons. The van der Waals surface area contributed by atoms with Crippen LogP contribution in [-0.2, 0) is 9.53 Å². The van der Waals surface area contributed by atoms with Crippen molar-refractivity contribution in [1.82, 2.24) is 5.32 Å².